The van der Waals surface area contributed by atoms with Crippen molar-refractivity contribution in [3.05, 3.63) is 0 Å². The lowest BCUT2D eigenvalue weighted by atomic mass is 10.1. The summed E-state index contributed by atoms with van der Waals surface area (Å²) in [5, 5.41) is 2.91. The van der Waals surface area contributed by atoms with Gasteiger partial charge in [0.2, 0.25) is 0 Å². The Balaban J connectivity index is 2.37. The molecule has 0 aliphatic carbocycles. The second-order valence-corrected chi connectivity index (χ2v) is 5.92. The van der Waals surface area contributed by atoms with Crippen LogP contribution in [0.3, 0.4) is 0 Å². The van der Waals surface area contributed by atoms with Crippen LogP contribution in [-0.2, 0) is 4.74 Å². The van der Waals surface area contributed by atoms with E-state index in [0.717, 1.165) is 13.1 Å². The Morgan fingerprint density at radius 2 is 1.76 bits per heavy atom. The van der Waals surface area contributed by atoms with Crippen molar-refractivity contribution in [3.63, 3.8) is 0 Å². The maximum atomic E-state index is 11.6. The van der Waals surface area contributed by atoms with Gasteiger partial charge in [-0.25, -0.2) is 4.79 Å². The molecule has 1 rings (SSSR count). The van der Waals surface area contributed by atoms with E-state index in [2.05, 4.69) is 17.1 Å². The fourth-order valence-electron chi connectivity index (χ4n) is 2.08. The topological polar surface area (TPSA) is 41.6 Å². The zero-order valence-corrected chi connectivity index (χ0v) is 11.7. The van der Waals surface area contributed by atoms with Crippen molar-refractivity contribution >= 4 is 6.09 Å². The van der Waals surface area contributed by atoms with E-state index < -0.39 is 5.60 Å². The highest BCUT2D eigenvalue weighted by Crippen LogP contribution is 2.14. The summed E-state index contributed by atoms with van der Waals surface area (Å²) in [5.74, 6) is 0. The fraction of sp³-hybridized carbons (Fsp3) is 0.923. The first-order chi connectivity index (χ1) is 7.79. The predicted octanol–water partition coefficient (Wildman–Crippen LogP) is 2.38. The van der Waals surface area contributed by atoms with Gasteiger partial charge in [-0.15, -0.1) is 0 Å². The maximum Gasteiger partial charge on any atom is 0.407 e. The van der Waals surface area contributed by atoms with Gasteiger partial charge in [0.05, 0.1) is 0 Å². The second-order valence-electron chi connectivity index (χ2n) is 5.92. The molecule has 0 saturated carbocycles. The van der Waals surface area contributed by atoms with Crippen molar-refractivity contribution in [3.8, 4) is 0 Å². The number of rotatable bonds is 3. The molecule has 1 fully saturated rings. The molecule has 0 aromatic carbocycles. The molecule has 0 spiro atoms. The lowest BCUT2D eigenvalue weighted by Gasteiger charge is -2.30. The summed E-state index contributed by atoms with van der Waals surface area (Å²) in [6.07, 6.45) is 2.21. The van der Waals surface area contributed by atoms with E-state index in [-0.39, 0.29) is 12.1 Å². The van der Waals surface area contributed by atoms with Gasteiger partial charge in [0.25, 0.3) is 0 Å². The third-order valence-corrected chi connectivity index (χ3v) is 3.18. The van der Waals surface area contributed by atoms with Crippen LogP contribution in [0.25, 0.3) is 0 Å². The van der Waals surface area contributed by atoms with Crippen LogP contribution in [-0.4, -0.2) is 41.8 Å². The molecule has 0 aromatic rings. The third kappa shape index (κ3) is 4.94. The minimum atomic E-state index is -0.430. The van der Waals surface area contributed by atoms with Gasteiger partial charge in [-0.2, -0.15) is 0 Å². The van der Waals surface area contributed by atoms with Gasteiger partial charge < -0.3 is 10.1 Å². The number of hydrogen-bond donors (Lipinski definition) is 1. The zero-order chi connectivity index (χ0) is 13.1. The Bertz CT molecular complexity index is 255. The normalized spacial score (nSPS) is 21.0. The van der Waals surface area contributed by atoms with E-state index in [1.165, 1.54) is 12.8 Å². The van der Waals surface area contributed by atoms with Crippen LogP contribution in [0, 0.1) is 0 Å². The van der Waals surface area contributed by atoms with Gasteiger partial charge in [0, 0.05) is 12.1 Å². The lowest BCUT2D eigenvalue weighted by molar-refractivity contribution is 0.0480. The van der Waals surface area contributed by atoms with Crippen LogP contribution in [0.1, 0.15) is 47.5 Å². The van der Waals surface area contributed by atoms with Crippen LogP contribution in [0.4, 0.5) is 4.79 Å². The average Bonchev–Trinajstić information content (AvgIpc) is 2.65. The second kappa shape index (κ2) is 5.71. The number of carbonyl (C=O) groups is 1. The molecule has 2 unspecified atom stereocenters. The van der Waals surface area contributed by atoms with Crippen molar-refractivity contribution in [1.29, 1.82) is 0 Å². The van der Waals surface area contributed by atoms with Crippen LogP contribution in [0.15, 0.2) is 0 Å². The van der Waals surface area contributed by atoms with Crippen LogP contribution in [0.2, 0.25) is 0 Å². The Labute approximate surface area is 105 Å². The third-order valence-electron chi connectivity index (χ3n) is 3.18. The van der Waals surface area contributed by atoms with Crippen LogP contribution >= 0.6 is 0 Å². The largest absolute Gasteiger partial charge is 0.444 e. The van der Waals surface area contributed by atoms with Crippen molar-refractivity contribution < 1.29 is 9.53 Å². The van der Waals surface area contributed by atoms with E-state index >= 15 is 0 Å². The van der Waals surface area contributed by atoms with Crippen molar-refractivity contribution in [2.75, 3.05) is 13.1 Å². The average molecular weight is 242 g/mol. The Morgan fingerprint density at radius 1 is 1.24 bits per heavy atom. The quantitative estimate of drug-likeness (QED) is 0.826. The molecule has 1 heterocycles. The standard InChI is InChI=1S/C13H26N2O2/c1-10(11(2)15-8-6-7-9-15)14-12(16)17-13(3,4)5/h10-11H,6-9H2,1-5H3,(H,14,16). The number of nitrogens with zero attached hydrogens (tertiary/aromatic N) is 1. The SMILES string of the molecule is CC(NC(=O)OC(C)(C)C)C(C)N1CCCC1. The van der Waals surface area contributed by atoms with Gasteiger partial charge in [-0.1, -0.05) is 0 Å². The summed E-state index contributed by atoms with van der Waals surface area (Å²) >= 11 is 0. The molecule has 0 aromatic heterocycles. The Hall–Kier alpha value is -0.770. The van der Waals surface area contributed by atoms with Gasteiger partial charge in [0.15, 0.2) is 0 Å². The summed E-state index contributed by atoms with van der Waals surface area (Å²) in [5.41, 5.74) is -0.430. The summed E-state index contributed by atoms with van der Waals surface area (Å²) in [7, 11) is 0. The molecule has 1 aliphatic rings. The molecule has 100 valence electrons. The first-order valence-electron chi connectivity index (χ1n) is 6.53. The maximum absolute atomic E-state index is 11.6. The van der Waals surface area contributed by atoms with Crippen LogP contribution in [0.5, 0.6) is 0 Å². The highest BCUT2D eigenvalue weighted by molar-refractivity contribution is 5.68. The molecule has 2 atom stereocenters. The number of nitrogens with one attached hydrogen (secondary N) is 1. The Kier molecular flexibility index (Phi) is 4.80. The van der Waals surface area contributed by atoms with E-state index in [9.17, 15) is 4.79 Å². The van der Waals surface area contributed by atoms with Gasteiger partial charge in [-0.3, -0.25) is 4.90 Å². The number of carbonyl (C=O) groups excluding carboxylic acids is 1. The Morgan fingerprint density at radius 3 is 2.24 bits per heavy atom. The van der Waals surface area contributed by atoms with E-state index in [1.807, 2.05) is 27.7 Å². The molecular weight excluding hydrogens is 216 g/mol. The number of likely N-dealkylation sites (tertiary alicyclic amines) is 1. The van der Waals surface area contributed by atoms with Crippen molar-refractivity contribution in [2.24, 2.45) is 0 Å². The molecule has 4 nitrogen and oxygen atoms in total. The molecule has 1 amide bonds. The first-order valence-corrected chi connectivity index (χ1v) is 6.53. The molecule has 1 N–H and O–H groups in total. The smallest absolute Gasteiger partial charge is 0.407 e. The summed E-state index contributed by atoms with van der Waals surface area (Å²) in [4.78, 5) is 14.1. The summed E-state index contributed by atoms with van der Waals surface area (Å²) < 4.78 is 5.25. The van der Waals surface area contributed by atoms with Gasteiger partial charge in [-0.05, 0) is 60.5 Å². The van der Waals surface area contributed by atoms with Crippen molar-refractivity contribution in [2.45, 2.75) is 65.1 Å². The minimum absolute atomic E-state index is 0.114. The van der Waals surface area contributed by atoms with E-state index in [1.54, 1.807) is 0 Å². The molecule has 0 radical (unpaired) electrons. The zero-order valence-electron chi connectivity index (χ0n) is 11.7. The molecular formula is C13H26N2O2. The number of amides is 1. The molecule has 0 bridgehead atoms. The number of ether oxygens (including phenoxy) is 1. The highest BCUT2D eigenvalue weighted by Gasteiger charge is 2.25. The van der Waals surface area contributed by atoms with E-state index in [0.29, 0.717) is 6.04 Å². The van der Waals surface area contributed by atoms with Crippen LogP contribution < -0.4 is 5.32 Å². The molecule has 17 heavy (non-hydrogen) atoms. The minimum Gasteiger partial charge on any atom is -0.444 e. The fourth-order valence-corrected chi connectivity index (χ4v) is 2.08. The molecule has 1 saturated heterocycles. The summed E-state index contributed by atoms with van der Waals surface area (Å²) in [6.45, 7) is 12.1. The van der Waals surface area contributed by atoms with Gasteiger partial charge in [0.1, 0.15) is 5.60 Å². The van der Waals surface area contributed by atoms with Gasteiger partial charge >= 0.3 is 6.09 Å². The molecule has 1 aliphatic heterocycles. The monoisotopic (exact) mass is 242 g/mol. The summed E-state index contributed by atoms with van der Waals surface area (Å²) in [6, 6.07) is 0.480. The number of alkyl carbamates (subject to hydrolysis) is 1. The number of hydrogen-bond acceptors (Lipinski definition) is 3. The molecule has 4 heteroatoms. The lowest BCUT2D eigenvalue weighted by Crippen LogP contribution is -2.48. The first kappa shape index (κ1) is 14.3. The highest BCUT2D eigenvalue weighted by atomic mass is 16.6. The van der Waals surface area contributed by atoms with Crippen molar-refractivity contribution in [1.82, 2.24) is 10.2 Å². The van der Waals surface area contributed by atoms with E-state index in [4.69, 9.17) is 4.74 Å². The predicted molar refractivity (Wildman–Crippen MR) is 69.1 cm³/mol.